The Morgan fingerprint density at radius 2 is 1.86 bits per heavy atom. The molecule has 1 aromatic heterocycles. The third-order valence-electron chi connectivity index (χ3n) is 11.4. The van der Waals surface area contributed by atoms with Crippen molar-refractivity contribution in [3.05, 3.63) is 64.8 Å². The molecule has 1 atom stereocenters. The molecule has 0 spiro atoms. The summed E-state index contributed by atoms with van der Waals surface area (Å²) in [6.07, 6.45) is 9.49. The smallest absolute Gasteiger partial charge is 0.318 e. The normalized spacial score (nSPS) is 23.2. The lowest BCUT2D eigenvalue weighted by Crippen LogP contribution is -2.55. The number of carbonyl (C=O) groups is 1. The quantitative estimate of drug-likeness (QED) is 0.277. The lowest BCUT2D eigenvalue weighted by molar-refractivity contribution is -0.126. The van der Waals surface area contributed by atoms with E-state index in [4.69, 9.17) is 26.3 Å². The minimum absolute atomic E-state index is 0.0759. The summed E-state index contributed by atoms with van der Waals surface area (Å²) in [5.74, 6) is -1.82. The Labute approximate surface area is 291 Å². The van der Waals surface area contributed by atoms with Crippen LogP contribution < -0.4 is 14.5 Å². The van der Waals surface area contributed by atoms with Crippen molar-refractivity contribution in [3.8, 4) is 6.01 Å². The Morgan fingerprint density at radius 1 is 1.08 bits per heavy atom. The largest absolute Gasteiger partial charge is 0.461 e. The van der Waals surface area contributed by atoms with Crippen molar-refractivity contribution in [1.29, 1.82) is 0 Å². The lowest BCUT2D eigenvalue weighted by Gasteiger charge is -2.37. The average Bonchev–Trinajstić information content (AvgIpc) is 3.82. The number of hydrogen-bond acceptors (Lipinski definition) is 8. The first-order valence-corrected chi connectivity index (χ1v) is 18.0. The van der Waals surface area contributed by atoms with Gasteiger partial charge in [0.1, 0.15) is 12.4 Å². The molecule has 0 N–H and O–H groups in total. The first-order valence-electron chi connectivity index (χ1n) is 17.7. The molecule has 260 valence electrons. The van der Waals surface area contributed by atoms with E-state index in [0.29, 0.717) is 38.8 Å². The first-order chi connectivity index (χ1) is 23.7. The molecular formula is C37H44ClF2N7O2. The summed E-state index contributed by atoms with van der Waals surface area (Å²) < 4.78 is 32.9. The molecule has 4 fully saturated rings. The van der Waals surface area contributed by atoms with E-state index in [0.717, 1.165) is 83.9 Å². The number of nitrogens with zero attached hydrogens (tertiary/aromatic N) is 7. The van der Waals surface area contributed by atoms with E-state index >= 15 is 0 Å². The number of alkyl halides is 2. The van der Waals surface area contributed by atoms with Crippen LogP contribution in [0.5, 0.6) is 6.01 Å². The zero-order valence-electron chi connectivity index (χ0n) is 28.1. The Hall–Kier alpha value is -3.54. The Balaban J connectivity index is 1.03. The number of aromatic nitrogens is 2. The first kappa shape index (κ1) is 32.7. The van der Waals surface area contributed by atoms with E-state index < -0.39 is 5.92 Å². The number of hydrogen-bond donors (Lipinski definition) is 0. The van der Waals surface area contributed by atoms with Gasteiger partial charge in [0.15, 0.2) is 0 Å². The van der Waals surface area contributed by atoms with Gasteiger partial charge in [-0.1, -0.05) is 41.9 Å². The number of likely N-dealkylation sites (N-methyl/N-ethyl adjacent to an activating group) is 1. The standard InChI is InChI=1S/C37H44ClF2N7O2/c1-43(27-12-19-46(21-27)32(48)11-4-16-44-23-37(39,40)24-44)34-28-13-20-45(31-10-3-8-26-7-2-9-29(38)33(26)31)22-30(28)41-35(42-34)49-25-36-14-5-17-47(36)18-6-15-36/h2-4,7-11,27H,5-6,12-25H2,1H3/b11-4+/t27-/m1/s1. The number of amides is 1. The van der Waals surface area contributed by atoms with Crippen molar-refractivity contribution in [3.63, 3.8) is 0 Å². The second-order valence-corrected chi connectivity index (χ2v) is 14.9. The summed E-state index contributed by atoms with van der Waals surface area (Å²) in [5, 5.41) is 2.89. The Morgan fingerprint density at radius 3 is 2.63 bits per heavy atom. The van der Waals surface area contributed by atoms with E-state index in [1.54, 1.807) is 11.0 Å². The van der Waals surface area contributed by atoms with Gasteiger partial charge in [-0.05, 0) is 69.1 Å². The third kappa shape index (κ3) is 6.34. The molecule has 1 amide bonds. The van der Waals surface area contributed by atoms with Crippen LogP contribution in [-0.4, -0.2) is 114 Å². The van der Waals surface area contributed by atoms with Gasteiger partial charge in [0, 0.05) is 62.0 Å². The van der Waals surface area contributed by atoms with Gasteiger partial charge in [-0.15, -0.1) is 0 Å². The van der Waals surface area contributed by atoms with Crippen molar-refractivity contribution < 1.29 is 18.3 Å². The number of likely N-dealkylation sites (tertiary alicyclic amines) is 2. The Bertz CT molecular complexity index is 1750. The zero-order chi connectivity index (χ0) is 33.8. The molecule has 0 unspecified atom stereocenters. The van der Waals surface area contributed by atoms with Gasteiger partial charge in [-0.2, -0.15) is 9.97 Å². The number of benzene rings is 2. The fourth-order valence-electron chi connectivity index (χ4n) is 8.73. The van der Waals surface area contributed by atoms with Crippen LogP contribution in [0.4, 0.5) is 20.3 Å². The Kier molecular flexibility index (Phi) is 8.64. The maximum absolute atomic E-state index is 13.2. The molecule has 8 rings (SSSR count). The minimum Gasteiger partial charge on any atom is -0.461 e. The molecule has 0 aliphatic carbocycles. The van der Waals surface area contributed by atoms with E-state index in [1.165, 1.54) is 18.9 Å². The minimum atomic E-state index is -2.61. The number of halogens is 3. The summed E-state index contributed by atoms with van der Waals surface area (Å²) in [7, 11) is 2.07. The fraction of sp³-hybridized carbons (Fsp3) is 0.541. The molecule has 2 aromatic carbocycles. The van der Waals surface area contributed by atoms with Crippen LogP contribution >= 0.6 is 11.6 Å². The molecule has 3 aromatic rings. The molecule has 6 heterocycles. The second-order valence-electron chi connectivity index (χ2n) is 14.5. The third-order valence-corrected chi connectivity index (χ3v) is 11.7. The van der Waals surface area contributed by atoms with Crippen LogP contribution in [0.15, 0.2) is 48.6 Å². The van der Waals surface area contributed by atoms with Gasteiger partial charge in [0.25, 0.3) is 5.92 Å². The van der Waals surface area contributed by atoms with E-state index in [-0.39, 0.29) is 30.6 Å². The van der Waals surface area contributed by atoms with Gasteiger partial charge < -0.3 is 19.4 Å². The monoisotopic (exact) mass is 691 g/mol. The van der Waals surface area contributed by atoms with Gasteiger partial charge in [0.2, 0.25) is 5.91 Å². The highest BCUT2D eigenvalue weighted by Crippen LogP contribution is 2.40. The molecule has 0 radical (unpaired) electrons. The van der Waals surface area contributed by atoms with Crippen molar-refractivity contribution in [2.75, 3.05) is 75.8 Å². The van der Waals surface area contributed by atoms with Crippen LogP contribution in [0.3, 0.4) is 0 Å². The van der Waals surface area contributed by atoms with Crippen LogP contribution in [-0.2, 0) is 17.8 Å². The molecule has 5 aliphatic rings. The average molecular weight is 692 g/mol. The van der Waals surface area contributed by atoms with Crippen LogP contribution in [0.1, 0.15) is 43.4 Å². The predicted octanol–water partition coefficient (Wildman–Crippen LogP) is 5.40. The molecule has 0 saturated carbocycles. The molecule has 5 aliphatic heterocycles. The highest BCUT2D eigenvalue weighted by Gasteiger charge is 2.45. The molecular weight excluding hydrogens is 648 g/mol. The molecule has 49 heavy (non-hydrogen) atoms. The summed E-state index contributed by atoms with van der Waals surface area (Å²) in [6.45, 7) is 5.31. The maximum Gasteiger partial charge on any atom is 0.318 e. The number of carbonyl (C=O) groups excluding carboxylic acids is 1. The number of ether oxygens (including phenoxy) is 1. The maximum atomic E-state index is 13.2. The summed E-state index contributed by atoms with van der Waals surface area (Å²) in [4.78, 5) is 33.8. The van der Waals surface area contributed by atoms with Crippen molar-refractivity contribution in [1.82, 2.24) is 24.7 Å². The highest BCUT2D eigenvalue weighted by molar-refractivity contribution is 6.36. The summed E-state index contributed by atoms with van der Waals surface area (Å²) in [6, 6.07) is 12.8. The lowest BCUT2D eigenvalue weighted by atomic mass is 9.95. The van der Waals surface area contributed by atoms with Gasteiger partial charge in [-0.25, -0.2) is 8.78 Å². The number of rotatable bonds is 9. The molecule has 9 nitrogen and oxygen atoms in total. The van der Waals surface area contributed by atoms with Crippen LogP contribution in [0, 0.1) is 0 Å². The van der Waals surface area contributed by atoms with E-state index in [2.05, 4.69) is 46.0 Å². The number of fused-ring (bicyclic) bond motifs is 3. The van der Waals surface area contributed by atoms with E-state index in [1.807, 2.05) is 17.0 Å². The predicted molar refractivity (Wildman–Crippen MR) is 188 cm³/mol. The number of anilines is 2. The molecule has 0 bridgehead atoms. The molecule has 12 heteroatoms. The van der Waals surface area contributed by atoms with Gasteiger partial charge in [-0.3, -0.25) is 14.6 Å². The van der Waals surface area contributed by atoms with Gasteiger partial charge in [0.05, 0.1) is 35.9 Å². The summed E-state index contributed by atoms with van der Waals surface area (Å²) in [5.41, 5.74) is 3.25. The van der Waals surface area contributed by atoms with Crippen molar-refractivity contribution >= 4 is 39.8 Å². The second kappa shape index (κ2) is 13.0. The van der Waals surface area contributed by atoms with Crippen LogP contribution in [0.2, 0.25) is 5.02 Å². The summed E-state index contributed by atoms with van der Waals surface area (Å²) >= 11 is 6.74. The fourth-order valence-corrected chi connectivity index (χ4v) is 9.00. The zero-order valence-corrected chi connectivity index (χ0v) is 28.8. The molecule has 4 saturated heterocycles. The van der Waals surface area contributed by atoms with E-state index in [9.17, 15) is 13.6 Å². The highest BCUT2D eigenvalue weighted by atomic mass is 35.5. The van der Waals surface area contributed by atoms with Crippen molar-refractivity contribution in [2.45, 2.75) is 62.6 Å². The van der Waals surface area contributed by atoms with Gasteiger partial charge >= 0.3 is 6.01 Å². The topological polar surface area (TPSA) is 68.3 Å². The van der Waals surface area contributed by atoms with Crippen LogP contribution in [0.25, 0.3) is 10.8 Å². The van der Waals surface area contributed by atoms with Crippen molar-refractivity contribution in [2.24, 2.45) is 0 Å². The SMILES string of the molecule is CN(c1nc(OCC23CCCN2CCC3)nc2c1CCN(c1cccc3cccc(Cl)c13)C2)[C@@H]1CCN(C(=O)/C=C/CN2CC(F)(F)C2)C1.